The number of halogens is 3. The topological polar surface area (TPSA) is 99.2 Å². The number of unbranched alkanes of at least 4 members (excludes halogenated alkanes) is 1. The van der Waals surface area contributed by atoms with Crippen LogP contribution in [0.4, 0.5) is 10.1 Å². The molecule has 0 N–H and O–H groups in total. The van der Waals surface area contributed by atoms with E-state index in [4.69, 9.17) is 37.4 Å². The van der Waals surface area contributed by atoms with E-state index in [-0.39, 0.29) is 58.7 Å². The van der Waals surface area contributed by atoms with E-state index in [1.165, 1.54) is 13.2 Å². The van der Waals surface area contributed by atoms with Gasteiger partial charge in [0.2, 0.25) is 5.91 Å². The average molecular weight is 564 g/mol. The van der Waals surface area contributed by atoms with Crippen molar-refractivity contribution in [2.24, 2.45) is 0 Å². The van der Waals surface area contributed by atoms with E-state index in [0.717, 1.165) is 30.7 Å². The highest BCUT2D eigenvalue weighted by molar-refractivity contribution is 8.00. The molecule has 1 aliphatic carbocycles. The summed E-state index contributed by atoms with van der Waals surface area (Å²) in [6, 6.07) is 2.16. The van der Waals surface area contributed by atoms with Gasteiger partial charge in [-0.1, -0.05) is 24.9 Å². The largest absolute Gasteiger partial charge is 0.465 e. The number of alkyl halides is 1. The fraction of sp³-hybridized carbons (Fsp3) is 0.500. The molecule has 0 atom stereocenters. The van der Waals surface area contributed by atoms with Gasteiger partial charge in [0.1, 0.15) is 11.7 Å². The summed E-state index contributed by atoms with van der Waals surface area (Å²) in [5.74, 6) is -4.65. The number of hydrogen-bond donors (Lipinski definition) is 0. The number of carbonyl (C=O) groups excluding carboxylic acids is 4. The molecule has 0 unspecified atom stereocenters. The molecule has 0 radical (unpaired) electrons. The minimum atomic E-state index is -0.943. The fourth-order valence-electron chi connectivity index (χ4n) is 3.43. The first-order valence-electron chi connectivity index (χ1n) is 11.3. The van der Waals surface area contributed by atoms with E-state index in [1.807, 2.05) is 6.92 Å². The van der Waals surface area contributed by atoms with Gasteiger partial charge in [0.15, 0.2) is 6.79 Å². The van der Waals surface area contributed by atoms with Crippen LogP contribution in [-0.4, -0.2) is 55.9 Å². The van der Waals surface area contributed by atoms with Crippen LogP contribution >= 0.6 is 35.0 Å². The molecule has 8 nitrogen and oxygen atoms in total. The Hall–Kier alpha value is -2.14. The third-order valence-corrected chi connectivity index (χ3v) is 6.88. The van der Waals surface area contributed by atoms with Crippen molar-refractivity contribution in [1.82, 2.24) is 0 Å². The molecule has 2 rings (SSSR count). The molecule has 198 valence electrons. The fourth-order valence-corrected chi connectivity index (χ4v) is 4.61. The standard InChI is InChI=1S/C24H28Cl2FNO7S/c1-3-4-9-34-22(30)13-36-20-11-19(18(27)10-17(20)26)28(21(29)12-25)23(31)15-7-5-6-8-16(15)24(32)35-14-33-2/h10-11H,3-9,12-14H2,1-2H3. The van der Waals surface area contributed by atoms with Gasteiger partial charge in [-0.15, -0.1) is 23.4 Å². The summed E-state index contributed by atoms with van der Waals surface area (Å²) in [6.07, 6.45) is 3.29. The Morgan fingerprint density at radius 3 is 2.44 bits per heavy atom. The van der Waals surface area contributed by atoms with Crippen molar-refractivity contribution in [3.8, 4) is 0 Å². The van der Waals surface area contributed by atoms with E-state index in [9.17, 15) is 19.2 Å². The Bertz CT molecular complexity index is 1020. The minimum absolute atomic E-state index is 0.00551. The molecule has 36 heavy (non-hydrogen) atoms. The van der Waals surface area contributed by atoms with E-state index < -0.39 is 35.5 Å². The van der Waals surface area contributed by atoms with Gasteiger partial charge in [-0.2, -0.15) is 0 Å². The Balaban J connectivity index is 2.41. The van der Waals surface area contributed by atoms with Crippen molar-refractivity contribution in [3.05, 3.63) is 34.1 Å². The van der Waals surface area contributed by atoms with E-state index in [2.05, 4.69) is 0 Å². The second-order valence-corrected chi connectivity index (χ2v) is 9.46. The number of benzene rings is 1. The van der Waals surface area contributed by atoms with E-state index in [1.54, 1.807) is 0 Å². The Kier molecular flexibility index (Phi) is 12.7. The maximum absolute atomic E-state index is 15.0. The van der Waals surface area contributed by atoms with Crippen LogP contribution in [0.1, 0.15) is 45.4 Å². The number of rotatable bonds is 12. The van der Waals surface area contributed by atoms with Crippen molar-refractivity contribution in [2.45, 2.75) is 50.3 Å². The Morgan fingerprint density at radius 2 is 1.81 bits per heavy atom. The normalized spacial score (nSPS) is 13.4. The molecule has 1 aromatic carbocycles. The van der Waals surface area contributed by atoms with Crippen LogP contribution in [-0.2, 0) is 33.4 Å². The highest BCUT2D eigenvalue weighted by atomic mass is 35.5. The van der Waals surface area contributed by atoms with E-state index in [0.29, 0.717) is 17.7 Å². The molecule has 0 aliphatic heterocycles. The number of esters is 2. The molecular formula is C24H28Cl2FNO7S. The lowest BCUT2D eigenvalue weighted by Gasteiger charge is -2.26. The van der Waals surface area contributed by atoms with Gasteiger partial charge in [0, 0.05) is 23.2 Å². The molecule has 0 aromatic heterocycles. The van der Waals surface area contributed by atoms with Crippen LogP contribution in [0.15, 0.2) is 28.2 Å². The van der Waals surface area contributed by atoms with Gasteiger partial charge in [-0.05, 0) is 44.2 Å². The van der Waals surface area contributed by atoms with Gasteiger partial charge in [-0.25, -0.2) is 14.1 Å². The first kappa shape index (κ1) is 30.1. The van der Waals surface area contributed by atoms with Crippen LogP contribution < -0.4 is 4.90 Å². The molecule has 0 heterocycles. The number of ether oxygens (including phenoxy) is 3. The number of amides is 2. The third-order valence-electron chi connectivity index (χ3n) is 5.20. The lowest BCUT2D eigenvalue weighted by Crippen LogP contribution is -2.40. The quantitative estimate of drug-likeness (QED) is 0.115. The number of imide groups is 1. The summed E-state index contributed by atoms with van der Waals surface area (Å²) in [7, 11) is 1.35. The third kappa shape index (κ3) is 8.19. The molecule has 0 bridgehead atoms. The van der Waals surface area contributed by atoms with Crippen LogP contribution in [0.25, 0.3) is 0 Å². The highest BCUT2D eigenvalue weighted by Crippen LogP contribution is 2.36. The molecule has 0 saturated heterocycles. The van der Waals surface area contributed by atoms with Gasteiger partial charge >= 0.3 is 11.9 Å². The van der Waals surface area contributed by atoms with Crippen molar-refractivity contribution in [3.63, 3.8) is 0 Å². The van der Waals surface area contributed by atoms with E-state index >= 15 is 4.39 Å². The molecular weight excluding hydrogens is 536 g/mol. The van der Waals surface area contributed by atoms with Crippen molar-refractivity contribution in [2.75, 3.05) is 37.0 Å². The summed E-state index contributed by atoms with van der Waals surface area (Å²) >= 11 is 12.9. The Labute approximate surface area is 223 Å². The zero-order valence-corrected chi connectivity index (χ0v) is 22.4. The smallest absolute Gasteiger partial charge is 0.336 e. The lowest BCUT2D eigenvalue weighted by atomic mass is 9.90. The summed E-state index contributed by atoms with van der Waals surface area (Å²) in [4.78, 5) is 51.6. The number of methoxy groups -OCH3 is 1. The average Bonchev–Trinajstić information content (AvgIpc) is 2.87. The predicted octanol–water partition coefficient (Wildman–Crippen LogP) is 5.03. The maximum Gasteiger partial charge on any atom is 0.336 e. The molecule has 1 aromatic rings. The summed E-state index contributed by atoms with van der Waals surface area (Å²) < 4.78 is 29.9. The number of hydrogen-bond acceptors (Lipinski definition) is 8. The number of nitrogens with zero attached hydrogens (tertiary/aromatic N) is 1. The van der Waals surface area contributed by atoms with Gasteiger partial charge in [0.25, 0.3) is 5.91 Å². The Morgan fingerprint density at radius 1 is 1.11 bits per heavy atom. The molecule has 0 saturated carbocycles. The van der Waals surface area contributed by atoms with Crippen molar-refractivity contribution >= 4 is 64.4 Å². The molecule has 0 fully saturated rings. The minimum Gasteiger partial charge on any atom is -0.465 e. The molecule has 12 heteroatoms. The van der Waals surface area contributed by atoms with Crippen LogP contribution in [0.3, 0.4) is 0 Å². The van der Waals surface area contributed by atoms with Crippen molar-refractivity contribution in [1.29, 1.82) is 0 Å². The van der Waals surface area contributed by atoms with Crippen LogP contribution in [0.2, 0.25) is 5.02 Å². The monoisotopic (exact) mass is 563 g/mol. The molecule has 2 amide bonds. The maximum atomic E-state index is 15.0. The first-order valence-corrected chi connectivity index (χ1v) is 13.2. The lowest BCUT2D eigenvalue weighted by molar-refractivity contribution is -0.150. The SMILES string of the molecule is CCCCOC(=O)CSc1cc(N(C(=O)CCl)C(=O)C2=C(C(=O)OCOC)CCCC2)c(F)cc1Cl. The van der Waals surface area contributed by atoms with Crippen molar-refractivity contribution < 1.29 is 37.8 Å². The molecule has 1 aliphatic rings. The summed E-state index contributed by atoms with van der Waals surface area (Å²) in [6.45, 7) is 1.95. The predicted molar refractivity (Wildman–Crippen MR) is 135 cm³/mol. The first-order chi connectivity index (χ1) is 17.2. The van der Waals surface area contributed by atoms with Gasteiger partial charge in [-0.3, -0.25) is 14.4 Å². The number of thioether (sulfide) groups is 1. The number of anilines is 1. The summed E-state index contributed by atoms with van der Waals surface area (Å²) in [5, 5.41) is -0.00551. The van der Waals surface area contributed by atoms with Gasteiger partial charge < -0.3 is 14.2 Å². The molecule has 0 spiro atoms. The zero-order chi connectivity index (χ0) is 26.7. The second-order valence-electron chi connectivity index (χ2n) is 7.77. The van der Waals surface area contributed by atoms with Gasteiger partial charge in [0.05, 0.1) is 23.1 Å². The number of carbonyl (C=O) groups is 4. The van der Waals surface area contributed by atoms with Crippen LogP contribution in [0.5, 0.6) is 0 Å². The zero-order valence-electron chi connectivity index (χ0n) is 20.1. The highest BCUT2D eigenvalue weighted by Gasteiger charge is 2.33. The summed E-state index contributed by atoms with van der Waals surface area (Å²) in [5.41, 5.74) is -0.238. The second kappa shape index (κ2) is 15.2. The van der Waals surface area contributed by atoms with Crippen LogP contribution in [0, 0.1) is 5.82 Å².